The van der Waals surface area contributed by atoms with Crippen molar-refractivity contribution in [1.82, 2.24) is 0 Å². The van der Waals surface area contributed by atoms with Gasteiger partial charge in [0, 0.05) is 41.1 Å². The summed E-state index contributed by atoms with van der Waals surface area (Å²) in [6.45, 7) is 2.67. The molecule has 1 aliphatic heterocycles. The quantitative estimate of drug-likeness (QED) is 0.126. The molecule has 0 saturated heterocycles. The number of allylic oxidation sites excluding steroid dienone is 2. The molecule has 2 aromatic heterocycles. The number of ether oxygens (including phenoxy) is 1. The first kappa shape index (κ1) is 31.6. The van der Waals surface area contributed by atoms with Crippen molar-refractivity contribution in [3.8, 4) is 16.2 Å². The first-order chi connectivity index (χ1) is 20.4. The average Bonchev–Trinajstić information content (AvgIpc) is 3.65. The van der Waals surface area contributed by atoms with Gasteiger partial charge in [-0.05, 0) is 65.8 Å². The third-order valence-electron chi connectivity index (χ3n) is 6.82. The van der Waals surface area contributed by atoms with Crippen LogP contribution in [-0.2, 0) is 26.8 Å². The van der Waals surface area contributed by atoms with Gasteiger partial charge in [-0.15, -0.1) is 11.3 Å². The minimum absolute atomic E-state index is 0.193. The van der Waals surface area contributed by atoms with E-state index in [0.29, 0.717) is 36.2 Å². The van der Waals surface area contributed by atoms with Crippen LogP contribution in [0.2, 0.25) is 5.02 Å². The molecule has 0 aliphatic carbocycles. The van der Waals surface area contributed by atoms with Crippen LogP contribution in [-0.4, -0.2) is 44.0 Å². The lowest BCUT2D eigenvalue weighted by Crippen LogP contribution is -2.36. The van der Waals surface area contributed by atoms with Crippen molar-refractivity contribution < 1.29 is 35.2 Å². The van der Waals surface area contributed by atoms with Crippen LogP contribution in [0.1, 0.15) is 31.2 Å². The summed E-state index contributed by atoms with van der Waals surface area (Å²) in [5, 5.41) is 3.43. The lowest BCUT2D eigenvalue weighted by Gasteiger charge is -2.19. The smallest absolute Gasteiger partial charge is 0.265 e. The fourth-order valence-electron chi connectivity index (χ4n) is 4.82. The standard InChI is InChI=1S/C29H29ClN2O7S4/c1-2-20(17-29-32(12-5-15-43(36,37)38)24-19-22(30)8-10-27(24)41-29)16-28-31(11-4-14-42(33,34)35)23-18-21(7-9-25(23)39-28)26-6-3-13-40-26/h3,6-10,13,16-19H,2,4-5,11-12,14-15H2,1H3,(H-,33,34,35,36,37,38)/p+1. The van der Waals surface area contributed by atoms with Crippen molar-refractivity contribution in [3.63, 3.8) is 0 Å². The number of aromatic nitrogens is 1. The van der Waals surface area contributed by atoms with Gasteiger partial charge in [-0.25, -0.2) is 0 Å². The van der Waals surface area contributed by atoms with Gasteiger partial charge in [0.15, 0.2) is 12.3 Å². The Labute approximate surface area is 263 Å². The van der Waals surface area contributed by atoms with Gasteiger partial charge in [-0.2, -0.15) is 21.4 Å². The number of hydrogen-bond donors (Lipinski definition) is 2. The van der Waals surface area contributed by atoms with Crippen LogP contribution in [0.5, 0.6) is 5.75 Å². The van der Waals surface area contributed by atoms with Crippen LogP contribution >= 0.6 is 34.3 Å². The molecule has 0 radical (unpaired) electrons. The van der Waals surface area contributed by atoms with E-state index in [4.69, 9.17) is 16.3 Å². The number of fused-ring (bicyclic) bond motifs is 2. The van der Waals surface area contributed by atoms with Crippen LogP contribution in [0, 0.1) is 0 Å². The van der Waals surface area contributed by atoms with Gasteiger partial charge in [0.25, 0.3) is 25.2 Å². The Bertz CT molecular complexity index is 1920. The molecule has 1 aliphatic rings. The number of anilines is 1. The summed E-state index contributed by atoms with van der Waals surface area (Å²) in [6.07, 6.45) is 4.98. The van der Waals surface area contributed by atoms with Crippen LogP contribution in [0.3, 0.4) is 0 Å². The van der Waals surface area contributed by atoms with E-state index >= 15 is 0 Å². The van der Waals surface area contributed by atoms with Gasteiger partial charge in [0.05, 0.1) is 17.2 Å². The Morgan fingerprint density at radius 2 is 1.81 bits per heavy atom. The largest absolute Gasteiger partial charge is 0.439 e. The number of thiophene rings is 1. The lowest BCUT2D eigenvalue weighted by molar-refractivity contribution is -0.668. The number of benzene rings is 2. The molecule has 0 fully saturated rings. The van der Waals surface area contributed by atoms with E-state index < -0.39 is 20.2 Å². The van der Waals surface area contributed by atoms with E-state index in [9.17, 15) is 25.9 Å². The third-order valence-corrected chi connectivity index (χ3v) is 10.7. The highest BCUT2D eigenvalue weighted by Gasteiger charge is 2.28. The molecule has 2 N–H and O–H groups in total. The molecule has 14 heteroatoms. The predicted molar refractivity (Wildman–Crippen MR) is 173 cm³/mol. The molecule has 0 unspecified atom stereocenters. The molecule has 43 heavy (non-hydrogen) atoms. The van der Waals surface area contributed by atoms with E-state index in [2.05, 4.69) is 0 Å². The van der Waals surface area contributed by atoms with Gasteiger partial charge in [0.2, 0.25) is 11.4 Å². The Balaban J connectivity index is 1.52. The lowest BCUT2D eigenvalue weighted by atomic mass is 10.1. The molecule has 3 heterocycles. The second-order valence-corrected chi connectivity index (χ2v) is 15.5. The number of thiazole rings is 1. The normalized spacial score (nSPS) is 14.9. The van der Waals surface area contributed by atoms with E-state index in [0.717, 1.165) is 36.9 Å². The van der Waals surface area contributed by atoms with Crippen molar-refractivity contribution in [2.45, 2.75) is 32.7 Å². The SMILES string of the molecule is CCC(/C=C1\Oc2ccc(-c3cccs3)cc2N1CCCS(=O)(=O)O)=C\c1sc2ccc(Cl)cc2[n+]1CCCS(=O)(=O)O. The molecule has 0 spiro atoms. The first-order valence-corrected chi connectivity index (χ1v) is 18.8. The number of halogens is 1. The third kappa shape index (κ3) is 8.04. The number of nitrogens with zero attached hydrogens (tertiary/aromatic N) is 2. The van der Waals surface area contributed by atoms with Crippen LogP contribution in [0.4, 0.5) is 5.69 Å². The highest BCUT2D eigenvalue weighted by molar-refractivity contribution is 7.86. The molecular formula is C29H30ClN2O7S4+. The Hall–Kier alpha value is -2.78. The van der Waals surface area contributed by atoms with E-state index in [1.165, 1.54) is 11.3 Å². The summed E-state index contributed by atoms with van der Waals surface area (Å²) in [5.74, 6) is 0.444. The molecule has 0 saturated carbocycles. The van der Waals surface area contributed by atoms with Crippen molar-refractivity contribution in [3.05, 3.63) is 81.5 Å². The van der Waals surface area contributed by atoms with Crippen molar-refractivity contribution >= 4 is 76.5 Å². The molecule has 5 rings (SSSR count). The summed E-state index contributed by atoms with van der Waals surface area (Å²) in [5.41, 5.74) is 3.60. The summed E-state index contributed by atoms with van der Waals surface area (Å²) in [7, 11) is -8.22. The maximum atomic E-state index is 11.5. The zero-order chi connectivity index (χ0) is 30.8. The first-order valence-electron chi connectivity index (χ1n) is 13.5. The summed E-state index contributed by atoms with van der Waals surface area (Å²) >= 11 is 9.44. The van der Waals surface area contributed by atoms with Crippen molar-refractivity contribution in [1.29, 1.82) is 0 Å². The van der Waals surface area contributed by atoms with Gasteiger partial charge >= 0.3 is 0 Å². The topological polar surface area (TPSA) is 125 Å². The van der Waals surface area contributed by atoms with Crippen LogP contribution in [0.25, 0.3) is 26.7 Å². The Morgan fingerprint density at radius 3 is 2.51 bits per heavy atom. The fourth-order valence-corrected chi connectivity index (χ4v) is 7.84. The number of aryl methyl sites for hydroxylation is 1. The van der Waals surface area contributed by atoms with Crippen LogP contribution in [0.15, 0.2) is 71.4 Å². The summed E-state index contributed by atoms with van der Waals surface area (Å²) < 4.78 is 73.4. The molecule has 0 bridgehead atoms. The second kappa shape index (κ2) is 13.1. The predicted octanol–water partition coefficient (Wildman–Crippen LogP) is 6.66. The zero-order valence-electron chi connectivity index (χ0n) is 23.1. The van der Waals surface area contributed by atoms with Gasteiger partial charge < -0.3 is 9.64 Å². The van der Waals surface area contributed by atoms with Crippen molar-refractivity contribution in [2.24, 2.45) is 0 Å². The molecule has 9 nitrogen and oxygen atoms in total. The summed E-state index contributed by atoms with van der Waals surface area (Å²) in [4.78, 5) is 3.02. The minimum atomic E-state index is -4.12. The van der Waals surface area contributed by atoms with Gasteiger partial charge in [-0.3, -0.25) is 9.11 Å². The maximum Gasteiger partial charge on any atom is 0.265 e. The van der Waals surface area contributed by atoms with Crippen LogP contribution < -0.4 is 14.2 Å². The van der Waals surface area contributed by atoms with E-state index in [1.54, 1.807) is 17.4 Å². The highest BCUT2D eigenvalue weighted by atomic mass is 35.5. The monoisotopic (exact) mass is 681 g/mol. The average molecular weight is 682 g/mol. The Morgan fingerprint density at radius 1 is 1.05 bits per heavy atom. The molecule has 0 atom stereocenters. The second-order valence-electron chi connectivity index (χ2n) is 9.95. The van der Waals surface area contributed by atoms with E-state index in [1.807, 2.05) is 76.4 Å². The molecule has 0 amide bonds. The van der Waals surface area contributed by atoms with Gasteiger partial charge in [-0.1, -0.05) is 35.9 Å². The highest BCUT2D eigenvalue weighted by Crippen LogP contribution is 2.43. The molecular weight excluding hydrogens is 652 g/mol. The molecule has 2 aromatic carbocycles. The number of rotatable bonds is 12. The summed E-state index contributed by atoms with van der Waals surface area (Å²) in [6, 6.07) is 15.5. The number of hydrogen-bond acceptors (Lipinski definition) is 8. The maximum absolute atomic E-state index is 11.5. The minimum Gasteiger partial charge on any atom is -0.439 e. The molecule has 4 aromatic rings. The fraction of sp³-hybridized carbons (Fsp3) is 0.276. The van der Waals surface area contributed by atoms with E-state index in [-0.39, 0.29) is 24.3 Å². The molecule has 228 valence electrons. The Kier molecular flexibility index (Phi) is 9.61. The van der Waals surface area contributed by atoms with Gasteiger partial charge in [0.1, 0.15) is 4.70 Å². The zero-order valence-corrected chi connectivity index (χ0v) is 27.2. The van der Waals surface area contributed by atoms with Crippen molar-refractivity contribution in [2.75, 3.05) is 23.0 Å².